The van der Waals surface area contributed by atoms with Crippen LogP contribution in [0, 0.1) is 28.6 Å². The van der Waals surface area contributed by atoms with Gasteiger partial charge in [0, 0.05) is 31.6 Å². The topological polar surface area (TPSA) is 112 Å². The third-order valence-corrected chi connectivity index (χ3v) is 9.70. The third-order valence-electron chi connectivity index (χ3n) is 9.26. The Labute approximate surface area is 200 Å². The minimum atomic E-state index is -1.38. The van der Waals surface area contributed by atoms with Gasteiger partial charge in [0.05, 0.1) is 23.0 Å². The normalized spacial score (nSPS) is 49.2. The average molecular weight is 489 g/mol. The lowest BCUT2D eigenvalue weighted by Gasteiger charge is -2.66. The Kier molecular flexibility index (Phi) is 6.82. The van der Waals surface area contributed by atoms with E-state index in [1.165, 1.54) is 13.8 Å². The summed E-state index contributed by atoms with van der Waals surface area (Å²) in [5.74, 6) is -0.931. The molecule has 2 heterocycles. The number of hydrogen-bond donors (Lipinski definition) is 2. The lowest BCUT2D eigenvalue weighted by molar-refractivity contribution is -0.290. The molecule has 4 rings (SSSR count). The number of aliphatic hydroxyl groups is 2. The Morgan fingerprint density at radius 1 is 1.15 bits per heavy atom. The van der Waals surface area contributed by atoms with E-state index in [4.69, 9.17) is 30.5 Å². The van der Waals surface area contributed by atoms with Crippen molar-refractivity contribution in [3.63, 3.8) is 0 Å². The molecule has 0 bridgehead atoms. The predicted molar refractivity (Wildman–Crippen MR) is 118 cm³/mol. The predicted octanol–water partition coefficient (Wildman–Crippen LogP) is 2.75. The number of ether oxygens (including phenoxy) is 4. The van der Waals surface area contributed by atoms with Gasteiger partial charge in [-0.15, -0.1) is 11.6 Å². The number of rotatable bonds is 5. The Morgan fingerprint density at radius 3 is 2.48 bits per heavy atom. The van der Waals surface area contributed by atoms with E-state index in [1.807, 2.05) is 0 Å². The molecule has 4 aliphatic rings. The summed E-state index contributed by atoms with van der Waals surface area (Å²) in [5, 5.41) is 21.8. The first-order valence-corrected chi connectivity index (χ1v) is 12.6. The van der Waals surface area contributed by atoms with Crippen molar-refractivity contribution in [2.75, 3.05) is 12.5 Å². The molecular formula is C24H37ClO8. The maximum atomic E-state index is 12.1. The zero-order valence-electron chi connectivity index (χ0n) is 19.9. The Balaban J connectivity index is 1.79. The van der Waals surface area contributed by atoms with Gasteiger partial charge in [-0.05, 0) is 37.5 Å². The van der Waals surface area contributed by atoms with E-state index in [2.05, 4.69) is 13.8 Å². The average Bonchev–Trinajstić information content (AvgIpc) is 3.28. The second kappa shape index (κ2) is 8.94. The van der Waals surface area contributed by atoms with Crippen molar-refractivity contribution in [1.29, 1.82) is 0 Å². The zero-order valence-corrected chi connectivity index (χ0v) is 20.7. The Morgan fingerprint density at radius 2 is 1.88 bits per heavy atom. The second-order valence-corrected chi connectivity index (χ2v) is 11.1. The molecule has 0 aromatic carbocycles. The van der Waals surface area contributed by atoms with Crippen molar-refractivity contribution in [2.24, 2.45) is 28.6 Å². The van der Waals surface area contributed by atoms with Crippen LogP contribution in [0.2, 0.25) is 0 Å². The molecule has 2 aliphatic heterocycles. The number of esters is 2. The number of carbonyl (C=O) groups excluding carboxylic acids is 2. The maximum absolute atomic E-state index is 12.1. The molecule has 33 heavy (non-hydrogen) atoms. The first-order valence-electron chi connectivity index (χ1n) is 12.1. The van der Waals surface area contributed by atoms with E-state index in [0.717, 1.165) is 19.3 Å². The van der Waals surface area contributed by atoms with Crippen LogP contribution in [0.5, 0.6) is 0 Å². The summed E-state index contributed by atoms with van der Waals surface area (Å²) in [6.45, 7) is 6.93. The molecular weight excluding hydrogens is 452 g/mol. The van der Waals surface area contributed by atoms with Gasteiger partial charge in [-0.1, -0.05) is 20.3 Å². The molecule has 10 atom stereocenters. The Hall–Kier alpha value is -0.930. The van der Waals surface area contributed by atoms with Crippen LogP contribution in [0.1, 0.15) is 66.2 Å². The molecule has 188 valence electrons. The number of halogens is 1. The van der Waals surface area contributed by atoms with Crippen molar-refractivity contribution in [1.82, 2.24) is 0 Å². The summed E-state index contributed by atoms with van der Waals surface area (Å²) in [6, 6.07) is 0. The lowest BCUT2D eigenvalue weighted by Crippen LogP contribution is -2.72. The van der Waals surface area contributed by atoms with Crippen molar-refractivity contribution < 1.29 is 38.7 Å². The van der Waals surface area contributed by atoms with Gasteiger partial charge in [0.2, 0.25) is 0 Å². The first-order chi connectivity index (χ1) is 15.5. The van der Waals surface area contributed by atoms with Crippen molar-refractivity contribution in [3.05, 3.63) is 0 Å². The van der Waals surface area contributed by atoms with Gasteiger partial charge >= 0.3 is 11.9 Å². The van der Waals surface area contributed by atoms with Crippen LogP contribution in [0.15, 0.2) is 0 Å². The molecule has 4 fully saturated rings. The summed E-state index contributed by atoms with van der Waals surface area (Å²) in [4.78, 5) is 24.1. The van der Waals surface area contributed by atoms with Crippen molar-refractivity contribution >= 4 is 23.5 Å². The van der Waals surface area contributed by atoms with Crippen LogP contribution >= 0.6 is 11.6 Å². The van der Waals surface area contributed by atoms with E-state index in [0.29, 0.717) is 19.3 Å². The number of fused-ring (bicyclic) bond motifs is 2. The number of alkyl halides is 1. The highest BCUT2D eigenvalue weighted by Crippen LogP contribution is 2.67. The Bertz CT molecular complexity index is 764. The van der Waals surface area contributed by atoms with E-state index in [-0.39, 0.29) is 36.3 Å². The molecule has 0 amide bonds. The van der Waals surface area contributed by atoms with E-state index in [9.17, 15) is 19.8 Å². The van der Waals surface area contributed by atoms with E-state index in [1.54, 1.807) is 0 Å². The van der Waals surface area contributed by atoms with Gasteiger partial charge in [0.1, 0.15) is 12.7 Å². The van der Waals surface area contributed by atoms with Gasteiger partial charge in [-0.3, -0.25) is 9.59 Å². The SMILES string of the molecule is CC(=O)OC[C@@]12[C@@H](OC(C)=O)C[C@@H](C)[C@](C)([C@@H]3C[C@H]4C[C@@H](O)O[C@H]4O3)[C@H]1CCC[C@]2(O)CCl. The first kappa shape index (κ1) is 25.2. The third kappa shape index (κ3) is 3.90. The largest absolute Gasteiger partial charge is 0.465 e. The molecule has 2 aliphatic carbocycles. The summed E-state index contributed by atoms with van der Waals surface area (Å²) < 4.78 is 23.4. The minimum Gasteiger partial charge on any atom is -0.465 e. The van der Waals surface area contributed by atoms with Crippen molar-refractivity contribution in [2.45, 2.75) is 96.6 Å². The van der Waals surface area contributed by atoms with Crippen LogP contribution in [-0.2, 0) is 28.5 Å². The minimum absolute atomic E-state index is 0.0565. The summed E-state index contributed by atoms with van der Waals surface area (Å²) >= 11 is 6.42. The quantitative estimate of drug-likeness (QED) is 0.449. The standard InChI is InChI=1S/C24H37ClO8/c1-13-8-19(31-15(3)27)24(12-30-14(2)26)17(6-5-7-23(24,29)11-25)22(13,4)18-9-16-10-20(28)33-21(16)32-18/h13,16-21,28-29H,5-12H2,1-4H3/t13-,16+,17-,18+,19+,20+,21-,22+,23+,24+/m1/s1. The molecule has 2 N–H and O–H groups in total. The summed E-state index contributed by atoms with van der Waals surface area (Å²) in [6.07, 6.45) is 1.64. The highest BCUT2D eigenvalue weighted by atomic mass is 35.5. The van der Waals surface area contributed by atoms with Crippen LogP contribution in [0.4, 0.5) is 0 Å². The van der Waals surface area contributed by atoms with Gasteiger partial charge in [-0.25, -0.2) is 0 Å². The monoisotopic (exact) mass is 488 g/mol. The fraction of sp³-hybridized carbons (Fsp3) is 0.917. The molecule has 2 saturated heterocycles. The molecule has 0 spiro atoms. The molecule has 0 aromatic rings. The summed E-state index contributed by atoms with van der Waals surface area (Å²) in [5.41, 5.74) is -2.86. The number of carbonyl (C=O) groups is 2. The van der Waals surface area contributed by atoms with E-state index >= 15 is 0 Å². The van der Waals surface area contributed by atoms with E-state index < -0.39 is 47.1 Å². The van der Waals surface area contributed by atoms with Gasteiger partial charge in [0.25, 0.3) is 0 Å². The van der Waals surface area contributed by atoms with Gasteiger partial charge in [-0.2, -0.15) is 0 Å². The van der Waals surface area contributed by atoms with Crippen LogP contribution in [-0.4, -0.2) is 65.0 Å². The molecule has 8 nitrogen and oxygen atoms in total. The van der Waals surface area contributed by atoms with Gasteiger partial charge < -0.3 is 29.2 Å². The number of hydrogen-bond acceptors (Lipinski definition) is 8. The number of aliphatic hydroxyl groups excluding tert-OH is 1. The molecule has 9 heteroatoms. The zero-order chi connectivity index (χ0) is 24.2. The summed E-state index contributed by atoms with van der Waals surface area (Å²) in [7, 11) is 0. The second-order valence-electron chi connectivity index (χ2n) is 10.8. The molecule has 0 unspecified atom stereocenters. The molecule has 0 aromatic heterocycles. The highest BCUT2D eigenvalue weighted by Gasteiger charge is 2.72. The fourth-order valence-electron chi connectivity index (χ4n) is 7.50. The van der Waals surface area contributed by atoms with Crippen LogP contribution in [0.25, 0.3) is 0 Å². The maximum Gasteiger partial charge on any atom is 0.302 e. The van der Waals surface area contributed by atoms with Gasteiger partial charge in [0.15, 0.2) is 12.6 Å². The highest BCUT2D eigenvalue weighted by molar-refractivity contribution is 6.18. The smallest absolute Gasteiger partial charge is 0.302 e. The van der Waals surface area contributed by atoms with Crippen LogP contribution < -0.4 is 0 Å². The molecule has 2 saturated carbocycles. The lowest BCUT2D eigenvalue weighted by atomic mass is 9.41. The fourth-order valence-corrected chi connectivity index (χ4v) is 7.89. The molecule has 0 radical (unpaired) electrons. The van der Waals surface area contributed by atoms with Crippen molar-refractivity contribution in [3.8, 4) is 0 Å². The van der Waals surface area contributed by atoms with Crippen LogP contribution in [0.3, 0.4) is 0 Å².